The molecule has 1 saturated heterocycles. The van der Waals surface area contributed by atoms with Gasteiger partial charge >= 0.3 is 6.09 Å². The van der Waals surface area contributed by atoms with E-state index in [1.807, 2.05) is 18.2 Å². The smallest absolute Gasteiger partial charge is 0.409 e. The van der Waals surface area contributed by atoms with Crippen molar-refractivity contribution in [2.24, 2.45) is 4.99 Å². The fraction of sp³-hybridized carbons (Fsp3) is 0.526. The highest BCUT2D eigenvalue weighted by atomic mass is 127. The molecule has 2 N–H and O–H groups in total. The van der Waals surface area contributed by atoms with E-state index in [0.29, 0.717) is 57.4 Å². The van der Waals surface area contributed by atoms with E-state index >= 15 is 0 Å². The minimum absolute atomic E-state index is 0. The first-order valence-corrected chi connectivity index (χ1v) is 9.41. The number of piperazine rings is 1. The Kier molecular flexibility index (Phi) is 11.2. The summed E-state index contributed by atoms with van der Waals surface area (Å²) in [5, 5.41) is 6.00. The molecule has 2 amide bonds. The standard InChI is InChI=1S/C19H29N5O4.HI/c1-4-27-19(26)24-11-9-23(10-12-24)18(20-3)21-8-13-28-17-7-5-6-16(14-17)22-15(2)25;/h5-7,14H,4,8-13H2,1-3H3,(H,20,21)(H,22,25);1H. The Bertz CT molecular complexity index is 693. The molecule has 9 nitrogen and oxygen atoms in total. The largest absolute Gasteiger partial charge is 0.492 e. The average Bonchev–Trinajstić information content (AvgIpc) is 2.68. The number of nitrogens with one attached hydrogen (secondary N) is 2. The molecule has 0 radical (unpaired) electrons. The number of ether oxygens (including phenoxy) is 2. The van der Waals surface area contributed by atoms with E-state index in [9.17, 15) is 9.59 Å². The summed E-state index contributed by atoms with van der Waals surface area (Å²) < 4.78 is 10.8. The second kappa shape index (κ2) is 13.1. The minimum Gasteiger partial charge on any atom is -0.492 e. The zero-order chi connectivity index (χ0) is 20.4. The Hall–Kier alpha value is -2.24. The Morgan fingerprint density at radius 1 is 1.17 bits per heavy atom. The Morgan fingerprint density at radius 2 is 1.86 bits per heavy atom. The third-order valence-electron chi connectivity index (χ3n) is 4.13. The lowest BCUT2D eigenvalue weighted by atomic mass is 10.3. The lowest BCUT2D eigenvalue weighted by Crippen LogP contribution is -2.54. The summed E-state index contributed by atoms with van der Waals surface area (Å²) in [5.41, 5.74) is 0.702. The van der Waals surface area contributed by atoms with E-state index in [0.717, 1.165) is 5.96 Å². The molecule has 29 heavy (non-hydrogen) atoms. The fourth-order valence-corrected chi connectivity index (χ4v) is 2.85. The molecular weight excluding hydrogens is 489 g/mol. The van der Waals surface area contributed by atoms with Gasteiger partial charge in [-0.05, 0) is 19.1 Å². The molecule has 1 fully saturated rings. The highest BCUT2D eigenvalue weighted by Gasteiger charge is 2.23. The van der Waals surface area contributed by atoms with Crippen LogP contribution in [0.1, 0.15) is 13.8 Å². The maximum atomic E-state index is 11.8. The third-order valence-corrected chi connectivity index (χ3v) is 4.13. The minimum atomic E-state index is -0.264. The van der Waals surface area contributed by atoms with Crippen molar-refractivity contribution in [3.63, 3.8) is 0 Å². The maximum Gasteiger partial charge on any atom is 0.409 e. The third kappa shape index (κ3) is 8.34. The van der Waals surface area contributed by atoms with Gasteiger partial charge < -0.3 is 29.9 Å². The Labute approximate surface area is 188 Å². The van der Waals surface area contributed by atoms with Crippen LogP contribution in [0.3, 0.4) is 0 Å². The maximum absolute atomic E-state index is 11.8. The highest BCUT2D eigenvalue weighted by molar-refractivity contribution is 14.0. The van der Waals surface area contributed by atoms with Crippen LogP contribution in [0.5, 0.6) is 5.75 Å². The van der Waals surface area contributed by atoms with Crippen LogP contribution in [0.25, 0.3) is 0 Å². The van der Waals surface area contributed by atoms with Crippen molar-refractivity contribution >= 4 is 47.6 Å². The van der Waals surface area contributed by atoms with Crippen LogP contribution in [-0.2, 0) is 9.53 Å². The van der Waals surface area contributed by atoms with Crippen molar-refractivity contribution in [3.8, 4) is 5.75 Å². The number of hydrogen-bond donors (Lipinski definition) is 2. The summed E-state index contributed by atoms with van der Waals surface area (Å²) in [6.07, 6.45) is -0.264. The van der Waals surface area contributed by atoms with Crippen molar-refractivity contribution in [3.05, 3.63) is 24.3 Å². The first-order chi connectivity index (χ1) is 13.5. The van der Waals surface area contributed by atoms with Crippen molar-refractivity contribution in [1.82, 2.24) is 15.1 Å². The zero-order valence-corrected chi connectivity index (χ0v) is 19.5. The van der Waals surface area contributed by atoms with Gasteiger partial charge in [0.25, 0.3) is 0 Å². The van der Waals surface area contributed by atoms with Crippen LogP contribution in [0.2, 0.25) is 0 Å². The van der Waals surface area contributed by atoms with Crippen LogP contribution in [-0.4, -0.2) is 80.7 Å². The van der Waals surface area contributed by atoms with Crippen LogP contribution in [0, 0.1) is 0 Å². The number of anilines is 1. The quantitative estimate of drug-likeness (QED) is 0.259. The predicted molar refractivity (Wildman–Crippen MR) is 123 cm³/mol. The van der Waals surface area contributed by atoms with Gasteiger partial charge in [-0.2, -0.15) is 0 Å². The molecule has 0 saturated carbocycles. The van der Waals surface area contributed by atoms with Gasteiger partial charge in [0, 0.05) is 51.9 Å². The lowest BCUT2D eigenvalue weighted by Gasteiger charge is -2.35. The first kappa shape index (κ1) is 24.8. The number of nitrogens with zero attached hydrogens (tertiary/aromatic N) is 3. The molecule has 0 aliphatic carbocycles. The summed E-state index contributed by atoms with van der Waals surface area (Å²) in [7, 11) is 1.73. The molecule has 1 aliphatic rings. The van der Waals surface area contributed by atoms with Crippen LogP contribution in [0.4, 0.5) is 10.5 Å². The molecule has 10 heteroatoms. The summed E-state index contributed by atoms with van der Waals surface area (Å²) in [4.78, 5) is 31.0. The number of benzene rings is 1. The topological polar surface area (TPSA) is 95.5 Å². The SMILES string of the molecule is CCOC(=O)N1CCN(C(=NC)NCCOc2cccc(NC(C)=O)c2)CC1.I. The van der Waals surface area contributed by atoms with Gasteiger partial charge in [0.15, 0.2) is 5.96 Å². The number of rotatable bonds is 6. The molecule has 1 aromatic rings. The molecule has 0 spiro atoms. The summed E-state index contributed by atoms with van der Waals surface area (Å²) in [6, 6.07) is 7.26. The number of aliphatic imine (C=N–C) groups is 1. The van der Waals surface area contributed by atoms with Crippen molar-refractivity contribution in [2.45, 2.75) is 13.8 Å². The lowest BCUT2D eigenvalue weighted by molar-refractivity contribution is -0.114. The van der Waals surface area contributed by atoms with Gasteiger partial charge in [0.1, 0.15) is 12.4 Å². The fourth-order valence-electron chi connectivity index (χ4n) is 2.85. The van der Waals surface area contributed by atoms with E-state index in [1.54, 1.807) is 24.9 Å². The molecule has 1 heterocycles. The zero-order valence-electron chi connectivity index (χ0n) is 17.1. The molecular formula is C19H30IN5O4. The number of carbonyl (C=O) groups is 2. The number of amides is 2. The number of hydrogen-bond acceptors (Lipinski definition) is 5. The van der Waals surface area contributed by atoms with Gasteiger partial charge in [0.05, 0.1) is 13.2 Å². The van der Waals surface area contributed by atoms with Crippen molar-refractivity contribution < 1.29 is 19.1 Å². The molecule has 0 aromatic heterocycles. The molecule has 162 valence electrons. The van der Waals surface area contributed by atoms with E-state index < -0.39 is 0 Å². The second-order valence-electron chi connectivity index (χ2n) is 6.20. The monoisotopic (exact) mass is 519 g/mol. The van der Waals surface area contributed by atoms with Crippen LogP contribution < -0.4 is 15.4 Å². The van der Waals surface area contributed by atoms with E-state index in [1.165, 1.54) is 6.92 Å². The number of halogens is 1. The van der Waals surface area contributed by atoms with Gasteiger partial charge in [-0.15, -0.1) is 24.0 Å². The highest BCUT2D eigenvalue weighted by Crippen LogP contribution is 2.17. The van der Waals surface area contributed by atoms with Gasteiger partial charge in [-0.1, -0.05) is 6.07 Å². The van der Waals surface area contributed by atoms with Crippen LogP contribution >= 0.6 is 24.0 Å². The number of guanidine groups is 1. The second-order valence-corrected chi connectivity index (χ2v) is 6.20. The molecule has 1 aliphatic heterocycles. The normalized spacial score (nSPS) is 14.0. The predicted octanol–water partition coefficient (Wildman–Crippen LogP) is 1.99. The molecule has 0 atom stereocenters. The molecule has 0 unspecified atom stereocenters. The summed E-state index contributed by atoms with van der Waals surface area (Å²) in [6.45, 7) is 7.28. The molecule has 2 rings (SSSR count). The summed E-state index contributed by atoms with van der Waals surface area (Å²) in [5.74, 6) is 1.34. The number of carbonyl (C=O) groups excluding carboxylic acids is 2. The first-order valence-electron chi connectivity index (χ1n) is 9.41. The van der Waals surface area contributed by atoms with Gasteiger partial charge in [0.2, 0.25) is 5.91 Å². The molecule has 1 aromatic carbocycles. The van der Waals surface area contributed by atoms with E-state index in [-0.39, 0.29) is 36.0 Å². The Balaban J connectivity index is 0.00000420. The summed E-state index contributed by atoms with van der Waals surface area (Å²) >= 11 is 0. The van der Waals surface area contributed by atoms with Crippen LogP contribution in [0.15, 0.2) is 29.3 Å². The van der Waals surface area contributed by atoms with Gasteiger partial charge in [-0.25, -0.2) is 4.79 Å². The van der Waals surface area contributed by atoms with Gasteiger partial charge in [-0.3, -0.25) is 9.79 Å². The Morgan fingerprint density at radius 3 is 2.48 bits per heavy atom. The van der Waals surface area contributed by atoms with E-state index in [4.69, 9.17) is 9.47 Å². The van der Waals surface area contributed by atoms with Crippen molar-refractivity contribution in [2.75, 3.05) is 58.3 Å². The van der Waals surface area contributed by atoms with E-state index in [2.05, 4.69) is 20.5 Å². The molecule has 0 bridgehead atoms. The average molecular weight is 519 g/mol. The van der Waals surface area contributed by atoms with Crippen molar-refractivity contribution in [1.29, 1.82) is 0 Å².